The molecule has 17 heavy (non-hydrogen) atoms. The molecular weight excluding hydrogens is 212 g/mol. The standard InChI is InChI=1S/C15H18O2/c1-13(2)6-4-7-14(3)8-5-9-15(12-17)10-11-16/h6,8-9,11-12H,5,10H2,1-3H3. The average molecular weight is 230 g/mol. The zero-order valence-electron chi connectivity index (χ0n) is 10.6. The first kappa shape index (κ1) is 15.1. The third-order valence-corrected chi connectivity index (χ3v) is 1.90. The second-order valence-corrected chi connectivity index (χ2v) is 3.88. The quantitative estimate of drug-likeness (QED) is 0.413. The van der Waals surface area contributed by atoms with Crippen molar-refractivity contribution in [2.24, 2.45) is 0 Å². The Morgan fingerprint density at radius 1 is 1.12 bits per heavy atom. The van der Waals surface area contributed by atoms with Crippen LogP contribution in [0.4, 0.5) is 0 Å². The molecule has 90 valence electrons. The van der Waals surface area contributed by atoms with E-state index in [1.165, 1.54) is 5.57 Å². The monoisotopic (exact) mass is 230 g/mol. The Morgan fingerprint density at radius 3 is 2.35 bits per heavy atom. The number of hydrogen-bond donors (Lipinski definition) is 0. The molecule has 0 aromatic rings. The predicted molar refractivity (Wildman–Crippen MR) is 70.4 cm³/mol. The van der Waals surface area contributed by atoms with Crippen LogP contribution in [0.3, 0.4) is 0 Å². The lowest BCUT2D eigenvalue weighted by Gasteiger charge is -1.91. The first-order chi connectivity index (χ1) is 8.10. The van der Waals surface area contributed by atoms with Crippen molar-refractivity contribution in [2.45, 2.75) is 33.6 Å². The molecule has 0 saturated heterocycles. The molecule has 0 radical (unpaired) electrons. The van der Waals surface area contributed by atoms with Crippen LogP contribution in [0.1, 0.15) is 33.6 Å². The van der Waals surface area contributed by atoms with E-state index in [0.717, 1.165) is 11.9 Å². The van der Waals surface area contributed by atoms with Gasteiger partial charge in [0.15, 0.2) is 0 Å². The zero-order chi connectivity index (χ0) is 13.1. The summed E-state index contributed by atoms with van der Waals surface area (Å²) in [6.45, 7) is 5.90. The van der Waals surface area contributed by atoms with Gasteiger partial charge in [0.25, 0.3) is 0 Å². The Labute approximate surface area is 103 Å². The van der Waals surface area contributed by atoms with Gasteiger partial charge in [0.05, 0.1) is 0 Å². The van der Waals surface area contributed by atoms with Crippen molar-refractivity contribution < 1.29 is 9.59 Å². The number of allylic oxidation sites excluding steroid dienone is 6. The first-order valence-electron chi connectivity index (χ1n) is 5.49. The summed E-state index contributed by atoms with van der Waals surface area (Å²) in [6.07, 6.45) is 7.78. The van der Waals surface area contributed by atoms with Crippen molar-refractivity contribution >= 4 is 12.6 Å². The Morgan fingerprint density at radius 2 is 1.82 bits per heavy atom. The van der Waals surface area contributed by atoms with E-state index in [-0.39, 0.29) is 6.42 Å². The maximum Gasteiger partial charge on any atom is 0.146 e. The van der Waals surface area contributed by atoms with Crippen molar-refractivity contribution in [3.63, 3.8) is 0 Å². The lowest BCUT2D eigenvalue weighted by molar-refractivity contribution is -0.109. The third-order valence-electron chi connectivity index (χ3n) is 1.90. The van der Waals surface area contributed by atoms with Crippen LogP contribution in [-0.4, -0.2) is 12.6 Å². The van der Waals surface area contributed by atoms with Crippen molar-refractivity contribution in [2.75, 3.05) is 0 Å². The summed E-state index contributed by atoms with van der Waals surface area (Å²) < 4.78 is 0. The van der Waals surface area contributed by atoms with Crippen molar-refractivity contribution in [3.05, 3.63) is 34.9 Å². The molecular formula is C15H18O2. The van der Waals surface area contributed by atoms with E-state index < -0.39 is 0 Å². The Hall–Kier alpha value is -1.88. The number of rotatable bonds is 5. The van der Waals surface area contributed by atoms with Crippen LogP contribution in [0.15, 0.2) is 34.9 Å². The van der Waals surface area contributed by atoms with Crippen molar-refractivity contribution in [1.82, 2.24) is 0 Å². The van der Waals surface area contributed by atoms with Crippen molar-refractivity contribution in [3.8, 4) is 11.8 Å². The summed E-state index contributed by atoms with van der Waals surface area (Å²) in [5.74, 6) is 5.92. The van der Waals surface area contributed by atoms with Gasteiger partial charge in [0.2, 0.25) is 0 Å². The second-order valence-electron chi connectivity index (χ2n) is 3.88. The Bertz CT molecular complexity index is 408. The van der Waals surface area contributed by atoms with E-state index in [1.54, 1.807) is 6.08 Å². The van der Waals surface area contributed by atoms with Crippen LogP contribution in [0.5, 0.6) is 0 Å². The van der Waals surface area contributed by atoms with E-state index in [1.807, 2.05) is 32.9 Å². The van der Waals surface area contributed by atoms with Crippen LogP contribution in [-0.2, 0) is 9.59 Å². The van der Waals surface area contributed by atoms with Gasteiger partial charge in [-0.05, 0) is 44.4 Å². The number of aldehydes is 2. The van der Waals surface area contributed by atoms with Gasteiger partial charge < -0.3 is 4.79 Å². The van der Waals surface area contributed by atoms with Gasteiger partial charge in [-0.3, -0.25) is 4.79 Å². The Balaban J connectivity index is 4.40. The lowest BCUT2D eigenvalue weighted by atomic mass is 10.1. The minimum absolute atomic E-state index is 0.180. The van der Waals surface area contributed by atoms with E-state index in [0.29, 0.717) is 18.3 Å². The molecule has 2 heteroatoms. The SMILES string of the molecule is CC(C)=CC#CC(C)=CCC=C(C=O)CC=O. The summed E-state index contributed by atoms with van der Waals surface area (Å²) in [5, 5.41) is 0. The molecule has 0 fully saturated rings. The molecule has 0 unspecified atom stereocenters. The minimum atomic E-state index is 0.180. The van der Waals surface area contributed by atoms with Crippen molar-refractivity contribution in [1.29, 1.82) is 0 Å². The van der Waals surface area contributed by atoms with E-state index >= 15 is 0 Å². The minimum Gasteiger partial charge on any atom is -0.303 e. The fourth-order valence-electron chi connectivity index (χ4n) is 1.01. The molecule has 0 saturated carbocycles. The summed E-state index contributed by atoms with van der Waals surface area (Å²) in [4.78, 5) is 20.8. The molecule has 0 N–H and O–H groups in total. The highest BCUT2D eigenvalue weighted by Gasteiger charge is 1.91. The molecule has 0 aromatic carbocycles. The van der Waals surface area contributed by atoms with Gasteiger partial charge in [-0.15, -0.1) is 0 Å². The van der Waals surface area contributed by atoms with Crippen LogP contribution in [0.25, 0.3) is 0 Å². The molecule has 2 nitrogen and oxygen atoms in total. The van der Waals surface area contributed by atoms with E-state index in [9.17, 15) is 9.59 Å². The number of carbonyl (C=O) groups is 2. The van der Waals surface area contributed by atoms with Gasteiger partial charge >= 0.3 is 0 Å². The Kier molecular flexibility index (Phi) is 8.32. The highest BCUT2D eigenvalue weighted by atomic mass is 16.1. The van der Waals surface area contributed by atoms with Crippen LogP contribution in [0.2, 0.25) is 0 Å². The predicted octanol–water partition coefficient (Wildman–Crippen LogP) is 3.01. The second kappa shape index (κ2) is 9.35. The molecule has 0 bridgehead atoms. The van der Waals surface area contributed by atoms with E-state index in [4.69, 9.17) is 0 Å². The fraction of sp³-hybridized carbons (Fsp3) is 0.333. The molecule has 0 aliphatic carbocycles. The van der Waals surface area contributed by atoms with Gasteiger partial charge in [0, 0.05) is 6.42 Å². The smallest absolute Gasteiger partial charge is 0.146 e. The van der Waals surface area contributed by atoms with Gasteiger partial charge in [-0.25, -0.2) is 0 Å². The maximum absolute atomic E-state index is 10.5. The average Bonchev–Trinajstić information content (AvgIpc) is 2.27. The molecule has 0 rings (SSSR count). The lowest BCUT2D eigenvalue weighted by Crippen LogP contribution is -1.85. The first-order valence-corrected chi connectivity index (χ1v) is 5.49. The number of carbonyl (C=O) groups excluding carboxylic acids is 2. The maximum atomic E-state index is 10.5. The molecule has 0 heterocycles. The molecule has 0 aliphatic rings. The van der Waals surface area contributed by atoms with Gasteiger partial charge in [-0.1, -0.05) is 29.6 Å². The fourth-order valence-corrected chi connectivity index (χ4v) is 1.01. The van der Waals surface area contributed by atoms with E-state index in [2.05, 4.69) is 11.8 Å². The number of hydrogen-bond acceptors (Lipinski definition) is 2. The molecule has 0 atom stereocenters. The zero-order valence-corrected chi connectivity index (χ0v) is 10.6. The molecule has 0 aromatic heterocycles. The molecule has 0 aliphatic heterocycles. The topological polar surface area (TPSA) is 34.1 Å². The highest BCUT2D eigenvalue weighted by molar-refractivity contribution is 5.78. The summed E-state index contributed by atoms with van der Waals surface area (Å²) in [5.41, 5.74) is 2.64. The van der Waals surface area contributed by atoms with Crippen LogP contribution in [0, 0.1) is 11.8 Å². The molecule has 0 spiro atoms. The summed E-state index contributed by atoms with van der Waals surface area (Å²) >= 11 is 0. The largest absolute Gasteiger partial charge is 0.303 e. The summed E-state index contributed by atoms with van der Waals surface area (Å²) in [7, 11) is 0. The van der Waals surface area contributed by atoms with Crippen LogP contribution >= 0.6 is 0 Å². The highest BCUT2D eigenvalue weighted by Crippen LogP contribution is 2.00. The van der Waals surface area contributed by atoms with Gasteiger partial charge in [-0.2, -0.15) is 0 Å². The normalized spacial score (nSPS) is 11.2. The third kappa shape index (κ3) is 9.07. The van der Waals surface area contributed by atoms with Crippen LogP contribution < -0.4 is 0 Å². The summed E-state index contributed by atoms with van der Waals surface area (Å²) in [6, 6.07) is 0. The van der Waals surface area contributed by atoms with Gasteiger partial charge in [0.1, 0.15) is 12.6 Å². The molecule has 0 amide bonds.